The lowest BCUT2D eigenvalue weighted by Gasteiger charge is -2.10. The SMILES string of the molecule is CCc1ccccc1NC(=O)CSCc1ccc(C(C)C)cc1. The number of hydrogen-bond acceptors (Lipinski definition) is 2. The van der Waals surface area contributed by atoms with Crippen molar-refractivity contribution in [2.24, 2.45) is 0 Å². The average Bonchev–Trinajstić information content (AvgIpc) is 2.56. The van der Waals surface area contributed by atoms with Crippen molar-refractivity contribution in [2.75, 3.05) is 11.1 Å². The fourth-order valence-electron chi connectivity index (χ4n) is 2.40. The Kier molecular flexibility index (Phi) is 6.72. The predicted octanol–water partition coefficient (Wildman–Crippen LogP) is 5.24. The molecule has 0 aliphatic rings. The highest BCUT2D eigenvalue weighted by Crippen LogP contribution is 2.19. The second kappa shape index (κ2) is 8.78. The van der Waals surface area contributed by atoms with Gasteiger partial charge in [-0.25, -0.2) is 0 Å². The zero-order chi connectivity index (χ0) is 16.7. The molecule has 0 bridgehead atoms. The lowest BCUT2D eigenvalue weighted by molar-refractivity contribution is -0.113. The summed E-state index contributed by atoms with van der Waals surface area (Å²) in [5.41, 5.74) is 4.73. The molecule has 0 radical (unpaired) electrons. The van der Waals surface area contributed by atoms with Crippen molar-refractivity contribution in [3.63, 3.8) is 0 Å². The molecule has 0 aliphatic carbocycles. The predicted molar refractivity (Wildman–Crippen MR) is 101 cm³/mol. The average molecular weight is 327 g/mol. The standard InChI is InChI=1S/C20H25NOS/c1-4-17-7-5-6-8-19(17)21-20(22)14-23-13-16-9-11-18(12-10-16)15(2)3/h5-12,15H,4,13-14H2,1-3H3,(H,21,22). The van der Waals surface area contributed by atoms with Crippen LogP contribution < -0.4 is 5.32 Å². The number of amides is 1. The van der Waals surface area contributed by atoms with Crippen LogP contribution in [0.3, 0.4) is 0 Å². The largest absolute Gasteiger partial charge is 0.325 e. The van der Waals surface area contributed by atoms with Crippen molar-refractivity contribution in [2.45, 2.75) is 38.9 Å². The van der Waals surface area contributed by atoms with Gasteiger partial charge in [0.15, 0.2) is 0 Å². The topological polar surface area (TPSA) is 29.1 Å². The maximum Gasteiger partial charge on any atom is 0.234 e. The molecule has 0 aromatic heterocycles. The molecular formula is C20H25NOS. The van der Waals surface area contributed by atoms with Crippen LogP contribution in [-0.4, -0.2) is 11.7 Å². The van der Waals surface area contributed by atoms with Crippen molar-refractivity contribution in [1.82, 2.24) is 0 Å². The number of benzene rings is 2. The molecule has 2 rings (SSSR count). The molecule has 1 N–H and O–H groups in total. The normalized spacial score (nSPS) is 10.8. The van der Waals surface area contributed by atoms with Crippen LogP contribution in [0.25, 0.3) is 0 Å². The van der Waals surface area contributed by atoms with Crippen LogP contribution in [0.2, 0.25) is 0 Å². The molecule has 0 unspecified atom stereocenters. The minimum Gasteiger partial charge on any atom is -0.325 e. The summed E-state index contributed by atoms with van der Waals surface area (Å²) in [6.07, 6.45) is 0.922. The van der Waals surface area contributed by atoms with Crippen molar-refractivity contribution < 1.29 is 4.79 Å². The number of carbonyl (C=O) groups is 1. The Bertz CT molecular complexity index is 634. The molecule has 3 heteroatoms. The Balaban J connectivity index is 1.80. The summed E-state index contributed by atoms with van der Waals surface area (Å²) in [5, 5.41) is 3.01. The minimum absolute atomic E-state index is 0.0645. The van der Waals surface area contributed by atoms with Crippen molar-refractivity contribution in [3.8, 4) is 0 Å². The third kappa shape index (κ3) is 5.43. The number of carbonyl (C=O) groups excluding carboxylic acids is 1. The van der Waals surface area contributed by atoms with Crippen LogP contribution in [0.15, 0.2) is 48.5 Å². The van der Waals surface area contributed by atoms with Crippen LogP contribution >= 0.6 is 11.8 Å². The Morgan fingerprint density at radius 2 is 1.78 bits per heavy atom. The quantitative estimate of drug-likeness (QED) is 0.753. The van der Waals surface area contributed by atoms with Crippen LogP contribution in [0, 0.1) is 0 Å². The molecule has 23 heavy (non-hydrogen) atoms. The molecule has 0 atom stereocenters. The molecule has 2 aromatic carbocycles. The maximum atomic E-state index is 12.1. The lowest BCUT2D eigenvalue weighted by atomic mass is 10.0. The molecule has 0 aliphatic heterocycles. The van der Waals surface area contributed by atoms with E-state index in [1.54, 1.807) is 11.8 Å². The summed E-state index contributed by atoms with van der Waals surface area (Å²) < 4.78 is 0. The highest BCUT2D eigenvalue weighted by atomic mass is 32.2. The Morgan fingerprint density at radius 1 is 1.09 bits per heavy atom. The smallest absolute Gasteiger partial charge is 0.234 e. The van der Waals surface area contributed by atoms with E-state index < -0.39 is 0 Å². The second-order valence-electron chi connectivity index (χ2n) is 5.95. The number of nitrogens with one attached hydrogen (secondary N) is 1. The van der Waals surface area contributed by atoms with Gasteiger partial charge in [-0.3, -0.25) is 4.79 Å². The number of hydrogen-bond donors (Lipinski definition) is 1. The monoisotopic (exact) mass is 327 g/mol. The Hall–Kier alpha value is -1.74. The van der Waals surface area contributed by atoms with Gasteiger partial charge in [0.2, 0.25) is 5.91 Å². The van der Waals surface area contributed by atoms with Gasteiger partial charge in [0.25, 0.3) is 0 Å². The molecular weight excluding hydrogens is 302 g/mol. The van der Waals surface area contributed by atoms with Gasteiger partial charge < -0.3 is 5.32 Å². The van der Waals surface area contributed by atoms with E-state index in [1.165, 1.54) is 16.7 Å². The van der Waals surface area contributed by atoms with Gasteiger partial charge in [0.1, 0.15) is 0 Å². The first-order valence-corrected chi connectivity index (χ1v) is 9.30. The van der Waals surface area contributed by atoms with Gasteiger partial charge in [-0.1, -0.05) is 63.2 Å². The van der Waals surface area contributed by atoms with Crippen LogP contribution in [0.1, 0.15) is 43.4 Å². The highest BCUT2D eigenvalue weighted by molar-refractivity contribution is 7.99. The van der Waals surface area contributed by atoms with E-state index in [1.807, 2.05) is 18.2 Å². The third-order valence-corrected chi connectivity index (χ3v) is 4.82. The minimum atomic E-state index is 0.0645. The third-order valence-electron chi connectivity index (χ3n) is 3.82. The molecule has 0 saturated carbocycles. The van der Waals surface area contributed by atoms with Gasteiger partial charge in [-0.05, 0) is 35.1 Å². The maximum absolute atomic E-state index is 12.1. The van der Waals surface area contributed by atoms with Gasteiger partial charge in [0.05, 0.1) is 5.75 Å². The molecule has 2 aromatic rings. The molecule has 1 amide bonds. The first-order valence-electron chi connectivity index (χ1n) is 8.14. The molecule has 122 valence electrons. The molecule has 2 nitrogen and oxygen atoms in total. The zero-order valence-electron chi connectivity index (χ0n) is 14.1. The van der Waals surface area contributed by atoms with E-state index in [9.17, 15) is 4.79 Å². The summed E-state index contributed by atoms with van der Waals surface area (Å²) in [6.45, 7) is 6.49. The number of para-hydroxylation sites is 1. The fourth-order valence-corrected chi connectivity index (χ4v) is 3.18. The van der Waals surface area contributed by atoms with E-state index in [0.717, 1.165) is 17.9 Å². The number of anilines is 1. The van der Waals surface area contributed by atoms with E-state index in [0.29, 0.717) is 11.7 Å². The number of thioether (sulfide) groups is 1. The molecule has 0 saturated heterocycles. The number of rotatable bonds is 7. The summed E-state index contributed by atoms with van der Waals surface area (Å²) in [4.78, 5) is 12.1. The molecule has 0 fully saturated rings. The van der Waals surface area contributed by atoms with Crippen LogP contribution in [-0.2, 0) is 17.0 Å². The van der Waals surface area contributed by atoms with Crippen LogP contribution in [0.5, 0.6) is 0 Å². The fraction of sp³-hybridized carbons (Fsp3) is 0.350. The summed E-state index contributed by atoms with van der Waals surface area (Å²) >= 11 is 1.65. The van der Waals surface area contributed by atoms with Gasteiger partial charge in [0, 0.05) is 11.4 Å². The van der Waals surface area contributed by atoms with Gasteiger partial charge in [-0.2, -0.15) is 0 Å². The summed E-state index contributed by atoms with van der Waals surface area (Å²) in [6, 6.07) is 16.7. The zero-order valence-corrected chi connectivity index (χ0v) is 15.0. The summed E-state index contributed by atoms with van der Waals surface area (Å²) in [5.74, 6) is 1.96. The van der Waals surface area contributed by atoms with E-state index >= 15 is 0 Å². The van der Waals surface area contributed by atoms with Crippen molar-refractivity contribution >= 4 is 23.4 Å². The van der Waals surface area contributed by atoms with Gasteiger partial charge >= 0.3 is 0 Å². The highest BCUT2D eigenvalue weighted by Gasteiger charge is 2.06. The van der Waals surface area contributed by atoms with E-state index in [-0.39, 0.29) is 5.91 Å². The lowest BCUT2D eigenvalue weighted by Crippen LogP contribution is -2.15. The van der Waals surface area contributed by atoms with Gasteiger partial charge in [-0.15, -0.1) is 11.8 Å². The van der Waals surface area contributed by atoms with Crippen molar-refractivity contribution in [3.05, 3.63) is 65.2 Å². The first kappa shape index (κ1) is 17.6. The second-order valence-corrected chi connectivity index (χ2v) is 6.93. The number of aryl methyl sites for hydroxylation is 1. The molecule has 0 heterocycles. The van der Waals surface area contributed by atoms with E-state index in [4.69, 9.17) is 0 Å². The van der Waals surface area contributed by atoms with Crippen LogP contribution in [0.4, 0.5) is 5.69 Å². The van der Waals surface area contributed by atoms with E-state index in [2.05, 4.69) is 56.4 Å². The summed E-state index contributed by atoms with van der Waals surface area (Å²) in [7, 11) is 0. The van der Waals surface area contributed by atoms with Crippen molar-refractivity contribution in [1.29, 1.82) is 0 Å². The molecule has 0 spiro atoms. The Labute approximate surface area is 143 Å². The Morgan fingerprint density at radius 3 is 2.43 bits per heavy atom. The first-order chi connectivity index (χ1) is 11.1.